The van der Waals surface area contributed by atoms with E-state index in [1.807, 2.05) is 0 Å². The number of hydrogen-bond acceptors (Lipinski definition) is 0. The highest BCUT2D eigenvalue weighted by molar-refractivity contribution is 6.23. The molecule has 158 valence electrons. The van der Waals surface area contributed by atoms with Gasteiger partial charge in [-0.15, -0.1) is 0 Å². The zero-order valence-corrected chi connectivity index (χ0v) is 18.9. The van der Waals surface area contributed by atoms with Crippen molar-refractivity contribution < 1.29 is 0 Å². The Kier molecular flexibility index (Phi) is 7.62. The summed E-state index contributed by atoms with van der Waals surface area (Å²) in [7, 11) is 0. The molecule has 0 amide bonds. The van der Waals surface area contributed by atoms with Crippen molar-refractivity contribution in [2.45, 2.75) is 90.4 Å². The van der Waals surface area contributed by atoms with Crippen molar-refractivity contribution in [3.05, 3.63) is 60.2 Å². The zero-order valence-electron chi connectivity index (χ0n) is 18.9. The van der Waals surface area contributed by atoms with Crippen LogP contribution in [0, 0.1) is 0 Å². The quantitative estimate of drug-likeness (QED) is 0.155. The van der Waals surface area contributed by atoms with E-state index in [1.54, 1.807) is 0 Å². The molecule has 4 aromatic rings. The van der Waals surface area contributed by atoms with E-state index < -0.39 is 0 Å². The van der Waals surface area contributed by atoms with Crippen molar-refractivity contribution in [2.75, 3.05) is 0 Å². The Morgan fingerprint density at radius 2 is 0.967 bits per heavy atom. The molecule has 0 aliphatic rings. The summed E-state index contributed by atoms with van der Waals surface area (Å²) in [6.45, 7) is 2.30. The molecular weight excluding hydrogens is 360 g/mol. The maximum Gasteiger partial charge on any atom is -0.00240 e. The lowest BCUT2D eigenvalue weighted by molar-refractivity contribution is 0.544. The number of aryl methyl sites for hydroxylation is 1. The van der Waals surface area contributed by atoms with Crippen molar-refractivity contribution in [3.8, 4) is 0 Å². The Morgan fingerprint density at radius 3 is 1.60 bits per heavy atom. The fourth-order valence-electron chi connectivity index (χ4n) is 5.17. The number of hydrogen-bond donors (Lipinski definition) is 0. The molecule has 0 nitrogen and oxygen atoms in total. The monoisotopic (exact) mass is 398 g/mol. The summed E-state index contributed by atoms with van der Waals surface area (Å²) in [4.78, 5) is 0. The van der Waals surface area contributed by atoms with Gasteiger partial charge in [0, 0.05) is 0 Å². The summed E-state index contributed by atoms with van der Waals surface area (Å²) in [5, 5.41) is 8.51. The van der Waals surface area contributed by atoms with E-state index in [0.717, 1.165) is 0 Å². The van der Waals surface area contributed by atoms with E-state index in [1.165, 1.54) is 121 Å². The molecule has 0 heteroatoms. The molecule has 0 heterocycles. The first kappa shape index (κ1) is 21.2. The van der Waals surface area contributed by atoms with E-state index in [2.05, 4.69) is 61.5 Å². The van der Waals surface area contributed by atoms with Crippen LogP contribution in [0.1, 0.15) is 89.5 Å². The molecule has 4 aromatic carbocycles. The summed E-state index contributed by atoms with van der Waals surface area (Å²) in [5.41, 5.74) is 1.54. The first-order valence-electron chi connectivity index (χ1n) is 12.5. The molecule has 0 spiro atoms. The molecule has 0 radical (unpaired) electrons. The average Bonchev–Trinajstić information content (AvgIpc) is 2.79. The van der Waals surface area contributed by atoms with E-state index in [-0.39, 0.29) is 0 Å². The SMILES string of the molecule is CCCCCCCCCCCCCCc1ccc2ccc3cccc4ccc1c2c34. The topological polar surface area (TPSA) is 0 Å². The van der Waals surface area contributed by atoms with Crippen molar-refractivity contribution in [1.82, 2.24) is 0 Å². The van der Waals surface area contributed by atoms with E-state index in [0.29, 0.717) is 0 Å². The normalized spacial score (nSPS) is 11.9. The smallest absolute Gasteiger partial charge is 0.00240 e. The highest BCUT2D eigenvalue weighted by Crippen LogP contribution is 2.36. The van der Waals surface area contributed by atoms with Gasteiger partial charge in [0.05, 0.1) is 0 Å². The number of benzene rings is 4. The predicted octanol–water partition coefficient (Wildman–Crippen LogP) is 9.83. The van der Waals surface area contributed by atoms with Gasteiger partial charge in [-0.25, -0.2) is 0 Å². The van der Waals surface area contributed by atoms with Crippen LogP contribution in [0.3, 0.4) is 0 Å². The molecular formula is C30H38. The molecule has 0 unspecified atom stereocenters. The third-order valence-corrected chi connectivity index (χ3v) is 6.92. The van der Waals surface area contributed by atoms with Gasteiger partial charge in [-0.1, -0.05) is 132 Å². The van der Waals surface area contributed by atoms with Crippen molar-refractivity contribution in [2.24, 2.45) is 0 Å². The molecule has 4 rings (SSSR count). The molecule has 0 bridgehead atoms. The average molecular weight is 399 g/mol. The second kappa shape index (κ2) is 10.8. The fraction of sp³-hybridized carbons (Fsp3) is 0.467. The van der Waals surface area contributed by atoms with Crippen LogP contribution >= 0.6 is 0 Å². The van der Waals surface area contributed by atoms with Crippen LogP contribution < -0.4 is 0 Å². The summed E-state index contributed by atoms with van der Waals surface area (Å²) in [6, 6.07) is 20.6. The van der Waals surface area contributed by atoms with Gasteiger partial charge in [0.15, 0.2) is 0 Å². The van der Waals surface area contributed by atoms with Crippen LogP contribution in [-0.2, 0) is 6.42 Å². The van der Waals surface area contributed by atoms with Crippen LogP contribution in [0.4, 0.5) is 0 Å². The maximum atomic E-state index is 2.38. The summed E-state index contributed by atoms with van der Waals surface area (Å²) in [6.07, 6.45) is 18.2. The standard InChI is InChI=1S/C30H38/c1-2-3-4-5-6-7-8-9-10-11-12-13-15-24-18-19-27-21-20-25-16-14-17-26-22-23-28(24)30(27)29(25)26/h14,16-23H,2-13,15H2,1H3. The van der Waals surface area contributed by atoms with Crippen LogP contribution in [0.15, 0.2) is 54.6 Å². The van der Waals surface area contributed by atoms with Crippen molar-refractivity contribution in [3.63, 3.8) is 0 Å². The van der Waals surface area contributed by atoms with E-state index >= 15 is 0 Å². The van der Waals surface area contributed by atoms with Crippen LogP contribution in [0.25, 0.3) is 32.3 Å². The predicted molar refractivity (Wildman–Crippen MR) is 135 cm³/mol. The summed E-state index contributed by atoms with van der Waals surface area (Å²) >= 11 is 0. The molecule has 0 N–H and O–H groups in total. The van der Waals surface area contributed by atoms with Gasteiger partial charge in [0.25, 0.3) is 0 Å². The van der Waals surface area contributed by atoms with Gasteiger partial charge in [0.2, 0.25) is 0 Å². The lowest BCUT2D eigenvalue weighted by Gasteiger charge is -2.14. The van der Waals surface area contributed by atoms with E-state index in [9.17, 15) is 0 Å². The van der Waals surface area contributed by atoms with Gasteiger partial charge in [0.1, 0.15) is 0 Å². The summed E-state index contributed by atoms with van der Waals surface area (Å²) < 4.78 is 0. The second-order valence-electron chi connectivity index (χ2n) is 9.22. The Labute approximate surface area is 183 Å². The second-order valence-corrected chi connectivity index (χ2v) is 9.22. The molecule has 0 atom stereocenters. The fourth-order valence-corrected chi connectivity index (χ4v) is 5.17. The van der Waals surface area contributed by atoms with Gasteiger partial charge in [-0.3, -0.25) is 0 Å². The Balaban J connectivity index is 1.25. The highest BCUT2D eigenvalue weighted by Gasteiger charge is 2.10. The molecule has 0 aliphatic carbocycles. The molecule has 0 saturated carbocycles. The Bertz CT molecular complexity index is 1030. The van der Waals surface area contributed by atoms with Crippen LogP contribution in [-0.4, -0.2) is 0 Å². The van der Waals surface area contributed by atoms with Gasteiger partial charge < -0.3 is 0 Å². The van der Waals surface area contributed by atoms with E-state index in [4.69, 9.17) is 0 Å². The zero-order chi connectivity index (χ0) is 20.6. The summed E-state index contributed by atoms with van der Waals surface area (Å²) in [5.74, 6) is 0. The van der Waals surface area contributed by atoms with Crippen LogP contribution in [0.5, 0.6) is 0 Å². The van der Waals surface area contributed by atoms with Crippen molar-refractivity contribution in [1.29, 1.82) is 0 Å². The first-order chi connectivity index (χ1) is 14.9. The molecule has 0 fully saturated rings. The minimum absolute atomic E-state index is 1.21. The lowest BCUT2D eigenvalue weighted by Crippen LogP contribution is -1.91. The Hall–Kier alpha value is -2.08. The Morgan fingerprint density at radius 1 is 0.467 bits per heavy atom. The van der Waals surface area contributed by atoms with Gasteiger partial charge in [-0.2, -0.15) is 0 Å². The number of rotatable bonds is 13. The molecule has 0 aliphatic heterocycles. The first-order valence-corrected chi connectivity index (χ1v) is 12.5. The van der Waals surface area contributed by atoms with Gasteiger partial charge in [-0.05, 0) is 50.7 Å². The largest absolute Gasteiger partial charge is 0.0654 e. The molecule has 0 saturated heterocycles. The number of unbranched alkanes of at least 4 members (excludes halogenated alkanes) is 11. The minimum Gasteiger partial charge on any atom is -0.0654 e. The highest BCUT2D eigenvalue weighted by atomic mass is 14.1. The van der Waals surface area contributed by atoms with Gasteiger partial charge >= 0.3 is 0 Å². The minimum atomic E-state index is 1.21. The molecule has 0 aromatic heterocycles. The van der Waals surface area contributed by atoms with Crippen molar-refractivity contribution >= 4 is 32.3 Å². The lowest BCUT2D eigenvalue weighted by atomic mass is 9.90. The third kappa shape index (κ3) is 4.97. The third-order valence-electron chi connectivity index (χ3n) is 6.92. The molecule has 30 heavy (non-hydrogen) atoms. The van der Waals surface area contributed by atoms with Crippen LogP contribution in [0.2, 0.25) is 0 Å². The maximum absolute atomic E-state index is 2.38.